The van der Waals surface area contributed by atoms with Crippen LogP contribution in [0.1, 0.15) is 58.6 Å². The van der Waals surface area contributed by atoms with E-state index in [-0.39, 0.29) is 26.1 Å². The monoisotopic (exact) mass is 660 g/mol. The van der Waals surface area contributed by atoms with Crippen molar-refractivity contribution in [3.8, 4) is 0 Å². The van der Waals surface area contributed by atoms with Crippen molar-refractivity contribution in [1.82, 2.24) is 0 Å². The van der Waals surface area contributed by atoms with Gasteiger partial charge in [0.25, 0.3) is 0 Å². The molecular formula is C32H40F4O10. The minimum absolute atomic E-state index is 0.00133. The molecule has 14 heteroatoms. The highest BCUT2D eigenvalue weighted by atomic mass is 19.3. The molecule has 0 bridgehead atoms. The van der Waals surface area contributed by atoms with E-state index in [0.717, 1.165) is 18.1 Å². The van der Waals surface area contributed by atoms with Crippen molar-refractivity contribution in [2.24, 2.45) is 0 Å². The summed E-state index contributed by atoms with van der Waals surface area (Å²) in [5.41, 5.74) is 1.54. The lowest BCUT2D eigenvalue weighted by atomic mass is 10.1. The second-order valence-electron chi connectivity index (χ2n) is 10.3. The van der Waals surface area contributed by atoms with E-state index in [1.807, 2.05) is 12.1 Å². The minimum atomic E-state index is -3.20. The van der Waals surface area contributed by atoms with E-state index in [2.05, 4.69) is 4.74 Å². The van der Waals surface area contributed by atoms with Crippen LogP contribution in [-0.4, -0.2) is 71.9 Å². The fourth-order valence-corrected chi connectivity index (χ4v) is 4.49. The van der Waals surface area contributed by atoms with Gasteiger partial charge < -0.3 is 33.5 Å². The first-order valence-electron chi connectivity index (χ1n) is 14.5. The van der Waals surface area contributed by atoms with Crippen LogP contribution in [0.5, 0.6) is 0 Å². The number of rotatable bonds is 9. The number of hydrogen-bond acceptors (Lipinski definition) is 10. The van der Waals surface area contributed by atoms with Crippen molar-refractivity contribution >= 4 is 17.9 Å². The largest absolute Gasteiger partial charge is 0.433 e. The summed E-state index contributed by atoms with van der Waals surface area (Å²) in [5, 5.41) is 9.48. The molecule has 2 aromatic rings. The third-order valence-electron chi connectivity index (χ3n) is 6.58. The van der Waals surface area contributed by atoms with Crippen molar-refractivity contribution in [3.63, 3.8) is 0 Å². The molecule has 2 fully saturated rings. The van der Waals surface area contributed by atoms with Gasteiger partial charge in [0.2, 0.25) is 6.29 Å². The van der Waals surface area contributed by atoms with Gasteiger partial charge in [-0.2, -0.15) is 0 Å². The fourth-order valence-electron chi connectivity index (χ4n) is 4.49. The van der Waals surface area contributed by atoms with E-state index in [1.165, 1.54) is 13.8 Å². The lowest BCUT2D eigenvalue weighted by Gasteiger charge is -2.23. The Balaban J connectivity index is 0.000000268. The number of esters is 3. The van der Waals surface area contributed by atoms with E-state index < -0.39 is 66.7 Å². The molecule has 10 nitrogen and oxygen atoms in total. The summed E-state index contributed by atoms with van der Waals surface area (Å²) in [7, 11) is 0. The Kier molecular flexibility index (Phi) is 15.2. The number of ether oxygens (including phenoxy) is 6. The van der Waals surface area contributed by atoms with Gasteiger partial charge in [0, 0.05) is 20.8 Å². The predicted molar refractivity (Wildman–Crippen MR) is 154 cm³/mol. The first-order chi connectivity index (χ1) is 21.6. The smallest absolute Gasteiger partial charge is 0.310 e. The van der Waals surface area contributed by atoms with E-state index in [9.17, 15) is 37.1 Å². The Morgan fingerprint density at radius 3 is 1.48 bits per heavy atom. The van der Waals surface area contributed by atoms with E-state index in [0.29, 0.717) is 0 Å². The first-order valence-corrected chi connectivity index (χ1v) is 14.5. The predicted octanol–water partition coefficient (Wildman–Crippen LogP) is 5.34. The van der Waals surface area contributed by atoms with Gasteiger partial charge in [-0.25, -0.2) is 17.6 Å². The molecule has 0 amide bonds. The van der Waals surface area contributed by atoms with Crippen LogP contribution in [0.4, 0.5) is 17.6 Å². The first kappa shape index (κ1) is 38.8. The topological polar surface area (TPSA) is 127 Å². The lowest BCUT2D eigenvalue weighted by molar-refractivity contribution is -0.196. The summed E-state index contributed by atoms with van der Waals surface area (Å²) >= 11 is 0. The van der Waals surface area contributed by atoms with Crippen LogP contribution in [0.15, 0.2) is 60.7 Å². The van der Waals surface area contributed by atoms with Crippen LogP contribution in [0.3, 0.4) is 0 Å². The summed E-state index contributed by atoms with van der Waals surface area (Å²) < 4.78 is 85.2. The molecule has 2 aromatic carbocycles. The SMILES string of the molecule is CC(=O)OC(C)=O.CC[C@H]1OC(O)[C@H](OCc2ccccc2)C1(F)F.CC[C@H]1OC(OC(C)=O)[C@H](OCc2ccccc2)C1(F)F. The van der Waals surface area contributed by atoms with Gasteiger partial charge in [-0.1, -0.05) is 74.5 Å². The highest BCUT2D eigenvalue weighted by molar-refractivity contribution is 5.82. The van der Waals surface area contributed by atoms with Crippen LogP contribution in [0.2, 0.25) is 0 Å². The standard InChI is InChI=1S/C15H18F2O4.C13H16F2O3.C4H6O3/c1-3-12-15(16,17)13(14(21-12)20-10(2)18)19-9-11-7-5-4-6-8-11;1-2-10-13(14,15)11(12(16)18-10)17-8-9-6-4-3-5-7-9;1-3(5)7-4(2)6/h4-8,12-14H,3,9H2,1-2H3;3-7,10-12,16H,2,8H2,1H3;1-2H3/t12-,13+,14?;10-,11+,12?;/m11./s1. The zero-order chi connectivity index (χ0) is 34.5. The number of hydrogen-bond donors (Lipinski definition) is 1. The van der Waals surface area contributed by atoms with Gasteiger partial charge in [-0.05, 0) is 24.0 Å². The molecule has 0 aromatic heterocycles. The Hall–Kier alpha value is -3.43. The molecule has 4 rings (SSSR count). The van der Waals surface area contributed by atoms with Gasteiger partial charge in [0.1, 0.15) is 12.2 Å². The molecule has 2 aliphatic heterocycles. The molecular weight excluding hydrogens is 620 g/mol. The average molecular weight is 661 g/mol. The van der Waals surface area contributed by atoms with Gasteiger partial charge in [-0.3, -0.25) is 14.4 Å². The summed E-state index contributed by atoms with van der Waals surface area (Å²) in [6, 6.07) is 17.9. The lowest BCUT2D eigenvalue weighted by Crippen LogP contribution is -2.42. The maximum atomic E-state index is 14.2. The fraction of sp³-hybridized carbons (Fsp3) is 0.531. The highest BCUT2D eigenvalue weighted by Crippen LogP contribution is 2.41. The molecule has 0 aliphatic carbocycles. The molecule has 0 saturated carbocycles. The number of alkyl halides is 4. The maximum Gasteiger partial charge on any atom is 0.310 e. The number of carbonyl (C=O) groups excluding carboxylic acids is 3. The van der Waals surface area contributed by atoms with Gasteiger partial charge in [0.05, 0.1) is 13.2 Å². The Morgan fingerprint density at radius 2 is 1.11 bits per heavy atom. The van der Waals surface area contributed by atoms with Crippen molar-refractivity contribution in [2.45, 2.75) is 110 Å². The molecule has 2 unspecified atom stereocenters. The van der Waals surface area contributed by atoms with E-state index >= 15 is 0 Å². The zero-order valence-corrected chi connectivity index (χ0v) is 26.2. The quantitative estimate of drug-likeness (QED) is 0.214. The van der Waals surface area contributed by atoms with Crippen molar-refractivity contribution < 1.29 is 65.5 Å². The second-order valence-corrected chi connectivity index (χ2v) is 10.3. The van der Waals surface area contributed by atoms with E-state index in [4.69, 9.17) is 23.7 Å². The third-order valence-corrected chi connectivity index (χ3v) is 6.58. The highest BCUT2D eigenvalue weighted by Gasteiger charge is 2.61. The number of benzene rings is 2. The number of halogens is 4. The normalized spacial score (nSPS) is 25.7. The summed E-state index contributed by atoms with van der Waals surface area (Å²) in [5.74, 6) is -8.17. The number of aliphatic hydroxyl groups is 1. The Bertz CT molecular complexity index is 1220. The van der Waals surface area contributed by atoms with Gasteiger partial charge in [-0.15, -0.1) is 0 Å². The molecule has 2 heterocycles. The van der Waals surface area contributed by atoms with Crippen LogP contribution < -0.4 is 0 Å². The van der Waals surface area contributed by atoms with Crippen LogP contribution in [-0.2, 0) is 56.0 Å². The van der Waals surface area contributed by atoms with Crippen LogP contribution in [0.25, 0.3) is 0 Å². The molecule has 2 saturated heterocycles. The van der Waals surface area contributed by atoms with Crippen LogP contribution in [0, 0.1) is 0 Å². The molecule has 2 aliphatic rings. The summed E-state index contributed by atoms with van der Waals surface area (Å²) in [6.07, 6.45) is -8.53. The van der Waals surface area contributed by atoms with Gasteiger partial charge >= 0.3 is 29.8 Å². The minimum Gasteiger partial charge on any atom is -0.433 e. The van der Waals surface area contributed by atoms with Crippen molar-refractivity contribution in [2.75, 3.05) is 0 Å². The van der Waals surface area contributed by atoms with Crippen LogP contribution >= 0.6 is 0 Å². The molecule has 46 heavy (non-hydrogen) atoms. The summed E-state index contributed by atoms with van der Waals surface area (Å²) in [6.45, 7) is 6.71. The molecule has 256 valence electrons. The van der Waals surface area contributed by atoms with Crippen molar-refractivity contribution in [1.29, 1.82) is 0 Å². The molecule has 0 radical (unpaired) electrons. The molecule has 1 N–H and O–H groups in total. The Morgan fingerprint density at radius 1 is 0.696 bits per heavy atom. The number of carbonyl (C=O) groups is 3. The second kappa shape index (κ2) is 18.0. The average Bonchev–Trinajstić information content (AvgIpc) is 3.36. The van der Waals surface area contributed by atoms with Crippen molar-refractivity contribution in [3.05, 3.63) is 71.8 Å². The van der Waals surface area contributed by atoms with E-state index in [1.54, 1.807) is 62.4 Å². The maximum absolute atomic E-state index is 14.2. The number of aliphatic hydroxyl groups excluding tert-OH is 1. The summed E-state index contributed by atoms with van der Waals surface area (Å²) in [4.78, 5) is 30.6. The van der Waals surface area contributed by atoms with Gasteiger partial charge in [0.15, 0.2) is 18.5 Å². The third kappa shape index (κ3) is 11.4. The molecule has 6 atom stereocenters. The molecule has 0 spiro atoms. The Labute approximate surface area is 264 Å². The zero-order valence-electron chi connectivity index (χ0n) is 26.2.